The van der Waals surface area contributed by atoms with Crippen LogP contribution in [0.1, 0.15) is 18.4 Å². The fourth-order valence-electron chi connectivity index (χ4n) is 1.69. The second kappa shape index (κ2) is 5.47. The van der Waals surface area contributed by atoms with Crippen molar-refractivity contribution < 1.29 is 14.6 Å². The third-order valence-corrected chi connectivity index (χ3v) is 2.46. The molecule has 0 saturated heterocycles. The van der Waals surface area contributed by atoms with Gasteiger partial charge in [0, 0.05) is 11.5 Å². The largest absolute Gasteiger partial charge is 0.466 e. The normalized spacial score (nSPS) is 13.9. The van der Waals surface area contributed by atoms with Crippen LogP contribution < -0.4 is 0 Å². The smallest absolute Gasteiger partial charge is 0.333 e. The van der Waals surface area contributed by atoms with E-state index >= 15 is 0 Å². The third-order valence-electron chi connectivity index (χ3n) is 2.46. The molecule has 1 rings (SSSR count). The van der Waals surface area contributed by atoms with Gasteiger partial charge in [-0.1, -0.05) is 36.9 Å². The van der Waals surface area contributed by atoms with Crippen LogP contribution in [0.25, 0.3) is 0 Å². The molecule has 0 bridgehead atoms. The first-order valence-corrected chi connectivity index (χ1v) is 5.08. The van der Waals surface area contributed by atoms with Gasteiger partial charge in [0.2, 0.25) is 0 Å². The summed E-state index contributed by atoms with van der Waals surface area (Å²) in [4.78, 5) is 11.4. The first kappa shape index (κ1) is 12.5. The molecular weight excluding hydrogens is 204 g/mol. The first-order valence-electron chi connectivity index (χ1n) is 5.08. The average molecular weight is 220 g/mol. The van der Waals surface area contributed by atoms with Gasteiger partial charge in [-0.15, -0.1) is 0 Å². The maximum Gasteiger partial charge on any atom is 0.333 e. The average Bonchev–Trinajstić information content (AvgIpc) is 2.29. The minimum atomic E-state index is -0.686. The van der Waals surface area contributed by atoms with Crippen LogP contribution in [0.3, 0.4) is 0 Å². The van der Waals surface area contributed by atoms with Gasteiger partial charge in [-0.3, -0.25) is 0 Å². The van der Waals surface area contributed by atoms with Gasteiger partial charge >= 0.3 is 5.97 Å². The number of esters is 1. The van der Waals surface area contributed by atoms with Gasteiger partial charge in [-0.25, -0.2) is 4.79 Å². The van der Waals surface area contributed by atoms with Crippen LogP contribution >= 0.6 is 0 Å². The highest BCUT2D eigenvalue weighted by molar-refractivity contribution is 5.89. The number of methoxy groups -OCH3 is 1. The third kappa shape index (κ3) is 2.70. The van der Waals surface area contributed by atoms with E-state index in [0.717, 1.165) is 5.56 Å². The van der Waals surface area contributed by atoms with Crippen LogP contribution in [-0.4, -0.2) is 24.3 Å². The lowest BCUT2D eigenvalue weighted by molar-refractivity contribution is -0.136. The van der Waals surface area contributed by atoms with Crippen molar-refractivity contribution in [2.24, 2.45) is 0 Å². The summed E-state index contributed by atoms with van der Waals surface area (Å²) in [6.45, 7) is 5.32. The Bertz CT molecular complexity index is 368. The second-order valence-electron chi connectivity index (χ2n) is 3.65. The van der Waals surface area contributed by atoms with Gasteiger partial charge in [-0.05, 0) is 12.5 Å². The number of hydrogen-bond donors (Lipinski definition) is 1. The summed E-state index contributed by atoms with van der Waals surface area (Å²) in [6.07, 6.45) is -0.686. The Balaban J connectivity index is 3.01. The zero-order valence-corrected chi connectivity index (χ0v) is 9.51. The Morgan fingerprint density at radius 2 is 1.94 bits per heavy atom. The highest BCUT2D eigenvalue weighted by Gasteiger charge is 2.25. The number of aliphatic hydroxyl groups excluding tert-OH is 1. The molecule has 0 heterocycles. The van der Waals surface area contributed by atoms with Crippen LogP contribution in [0.5, 0.6) is 0 Å². The number of hydrogen-bond acceptors (Lipinski definition) is 3. The van der Waals surface area contributed by atoms with Crippen molar-refractivity contribution in [1.82, 2.24) is 0 Å². The quantitative estimate of drug-likeness (QED) is 0.622. The molecule has 1 aromatic carbocycles. The Kier molecular flexibility index (Phi) is 4.26. The molecule has 0 amide bonds. The predicted molar refractivity (Wildman–Crippen MR) is 62.0 cm³/mol. The second-order valence-corrected chi connectivity index (χ2v) is 3.65. The maximum atomic E-state index is 11.4. The fourth-order valence-corrected chi connectivity index (χ4v) is 1.69. The highest BCUT2D eigenvalue weighted by Crippen LogP contribution is 2.27. The zero-order chi connectivity index (χ0) is 12.1. The molecule has 0 radical (unpaired) electrons. The maximum absolute atomic E-state index is 11.4. The summed E-state index contributed by atoms with van der Waals surface area (Å²) in [5, 5.41) is 9.71. The Morgan fingerprint density at radius 3 is 2.38 bits per heavy atom. The molecule has 3 heteroatoms. The Hall–Kier alpha value is -1.61. The molecule has 1 aromatic rings. The Labute approximate surface area is 95.4 Å². The van der Waals surface area contributed by atoms with E-state index in [0.29, 0.717) is 0 Å². The van der Waals surface area contributed by atoms with E-state index in [9.17, 15) is 9.90 Å². The number of benzene rings is 1. The SMILES string of the molecule is C=C(C(=O)OC)[C@@H](c1ccccc1)[C@@H](C)O. The number of ether oxygens (including phenoxy) is 1. The van der Waals surface area contributed by atoms with E-state index in [1.807, 2.05) is 30.3 Å². The summed E-state index contributed by atoms with van der Waals surface area (Å²) in [6, 6.07) is 9.30. The van der Waals surface area contributed by atoms with Gasteiger partial charge < -0.3 is 9.84 Å². The molecule has 1 N–H and O–H groups in total. The van der Waals surface area contributed by atoms with Crippen molar-refractivity contribution in [3.05, 3.63) is 48.0 Å². The molecule has 0 saturated carbocycles. The summed E-state index contributed by atoms with van der Waals surface area (Å²) in [7, 11) is 1.30. The van der Waals surface area contributed by atoms with Crippen molar-refractivity contribution in [3.8, 4) is 0 Å². The molecule has 2 atom stereocenters. The number of rotatable bonds is 4. The molecule has 0 spiro atoms. The standard InChI is InChI=1S/C13H16O3/c1-9(13(15)16-3)12(10(2)14)11-7-5-4-6-8-11/h4-8,10,12,14H,1H2,2-3H3/t10-,12-/m1/s1. The molecule has 0 aromatic heterocycles. The summed E-state index contributed by atoms with van der Waals surface area (Å²) in [5.41, 5.74) is 1.12. The van der Waals surface area contributed by atoms with Crippen molar-refractivity contribution in [3.63, 3.8) is 0 Å². The van der Waals surface area contributed by atoms with E-state index < -0.39 is 18.0 Å². The van der Waals surface area contributed by atoms with Gasteiger partial charge in [0.05, 0.1) is 13.2 Å². The van der Waals surface area contributed by atoms with Gasteiger partial charge in [-0.2, -0.15) is 0 Å². The van der Waals surface area contributed by atoms with Gasteiger partial charge in [0.1, 0.15) is 0 Å². The van der Waals surface area contributed by atoms with Crippen molar-refractivity contribution in [2.75, 3.05) is 7.11 Å². The molecule has 0 aliphatic rings. The van der Waals surface area contributed by atoms with Gasteiger partial charge in [0.25, 0.3) is 0 Å². The lowest BCUT2D eigenvalue weighted by Gasteiger charge is -2.21. The highest BCUT2D eigenvalue weighted by atomic mass is 16.5. The molecule has 16 heavy (non-hydrogen) atoms. The van der Waals surface area contributed by atoms with Crippen molar-refractivity contribution in [2.45, 2.75) is 18.9 Å². The summed E-state index contributed by atoms with van der Waals surface area (Å²) >= 11 is 0. The van der Waals surface area contributed by atoms with E-state index in [2.05, 4.69) is 11.3 Å². The van der Waals surface area contributed by atoms with Crippen LogP contribution in [0.4, 0.5) is 0 Å². The number of aliphatic hydroxyl groups is 1. The summed E-state index contributed by atoms with van der Waals surface area (Å²) < 4.78 is 4.62. The number of carbonyl (C=O) groups excluding carboxylic acids is 1. The summed E-state index contributed by atoms with van der Waals surface area (Å²) in [5.74, 6) is -0.914. The minimum absolute atomic E-state index is 0.267. The topological polar surface area (TPSA) is 46.5 Å². The lowest BCUT2D eigenvalue weighted by atomic mass is 9.88. The molecule has 0 unspecified atom stereocenters. The monoisotopic (exact) mass is 220 g/mol. The van der Waals surface area contributed by atoms with Crippen molar-refractivity contribution in [1.29, 1.82) is 0 Å². The molecular formula is C13H16O3. The van der Waals surface area contributed by atoms with E-state index in [-0.39, 0.29) is 5.57 Å². The molecule has 0 aliphatic heterocycles. The van der Waals surface area contributed by atoms with Crippen molar-refractivity contribution >= 4 is 5.97 Å². The molecule has 86 valence electrons. The minimum Gasteiger partial charge on any atom is -0.466 e. The van der Waals surface area contributed by atoms with Crippen LogP contribution in [0.2, 0.25) is 0 Å². The van der Waals surface area contributed by atoms with E-state index in [1.54, 1.807) is 6.92 Å². The van der Waals surface area contributed by atoms with Crippen LogP contribution in [0, 0.1) is 0 Å². The van der Waals surface area contributed by atoms with E-state index in [1.165, 1.54) is 7.11 Å². The predicted octanol–water partition coefficient (Wildman–Crippen LogP) is 1.88. The first-order chi connectivity index (χ1) is 7.57. The van der Waals surface area contributed by atoms with Crippen LogP contribution in [0.15, 0.2) is 42.5 Å². The molecule has 3 nitrogen and oxygen atoms in total. The number of carbonyl (C=O) groups is 1. The van der Waals surface area contributed by atoms with E-state index in [4.69, 9.17) is 0 Å². The molecule has 0 aliphatic carbocycles. The lowest BCUT2D eigenvalue weighted by Crippen LogP contribution is -2.21. The van der Waals surface area contributed by atoms with Gasteiger partial charge in [0.15, 0.2) is 0 Å². The fraction of sp³-hybridized carbons (Fsp3) is 0.308. The Morgan fingerprint density at radius 1 is 1.38 bits per heavy atom. The molecule has 0 fully saturated rings. The van der Waals surface area contributed by atoms with Crippen LogP contribution in [-0.2, 0) is 9.53 Å². The zero-order valence-electron chi connectivity index (χ0n) is 9.51.